The van der Waals surface area contributed by atoms with Crippen molar-refractivity contribution in [3.8, 4) is 11.5 Å². The Bertz CT molecular complexity index is 1150. The van der Waals surface area contributed by atoms with Gasteiger partial charge in [-0.15, -0.1) is 0 Å². The predicted molar refractivity (Wildman–Crippen MR) is 109 cm³/mol. The van der Waals surface area contributed by atoms with Crippen molar-refractivity contribution in [2.75, 3.05) is 11.6 Å². The van der Waals surface area contributed by atoms with Gasteiger partial charge in [0.05, 0.1) is 5.69 Å². The molecule has 2 aliphatic rings. The fourth-order valence-corrected chi connectivity index (χ4v) is 4.88. The Morgan fingerprint density at radius 3 is 2.62 bits per heavy atom. The zero-order chi connectivity index (χ0) is 18.9. The van der Waals surface area contributed by atoms with E-state index in [4.69, 9.17) is 4.74 Å². The van der Waals surface area contributed by atoms with Gasteiger partial charge in [-0.05, 0) is 36.1 Å². The van der Waals surface area contributed by atoms with Gasteiger partial charge in [0.2, 0.25) is 5.52 Å². The van der Waals surface area contributed by atoms with Gasteiger partial charge in [-0.2, -0.15) is 0 Å². The fraction of sp³-hybridized carbons (Fsp3) is 0.0870. The van der Waals surface area contributed by atoms with Crippen molar-refractivity contribution in [2.45, 2.75) is 10.3 Å². The largest absolute Gasteiger partial charge is 1.00 e. The van der Waals surface area contributed by atoms with Crippen molar-refractivity contribution in [1.82, 2.24) is 0 Å². The van der Waals surface area contributed by atoms with Crippen molar-refractivity contribution < 1.29 is 33.7 Å². The number of hydrogen-bond acceptors (Lipinski definition) is 4. The monoisotopic (exact) mass is 393 g/mol. The van der Waals surface area contributed by atoms with Gasteiger partial charge >= 0.3 is 18.9 Å². The van der Waals surface area contributed by atoms with Gasteiger partial charge in [0, 0.05) is 21.9 Å². The molecule has 0 aliphatic carbocycles. The third kappa shape index (κ3) is 3.70. The summed E-state index contributed by atoms with van der Waals surface area (Å²) in [6, 6.07) is 25.9. The number of aromatic amines is 1. The van der Waals surface area contributed by atoms with Gasteiger partial charge in [0.15, 0.2) is 12.9 Å². The summed E-state index contributed by atoms with van der Waals surface area (Å²) >= 11 is 1.91. The Morgan fingerprint density at radius 1 is 0.931 bits per heavy atom. The number of fused-ring (bicyclic) bond motifs is 6. The predicted octanol–water partition coefficient (Wildman–Crippen LogP) is 1.38. The van der Waals surface area contributed by atoms with Crippen LogP contribution < -0.4 is 38.6 Å². The molecule has 2 aliphatic heterocycles. The standard InChI is InChI=1S/C14H11NOS.C9H7NO.Li/c1-3-7-12-10(5-1)14-15(9-16-12)11-6-2-4-8-13(11)17-14;11-8-5-1-3-7-4-2-6-10-9(7)8;/h1-8,14H,9H2;1-6,11H;/q;;+1. The number of nitrogens with zero attached hydrogens (tertiary/aromatic N) is 1. The Labute approximate surface area is 185 Å². The number of benzene rings is 3. The van der Waals surface area contributed by atoms with Gasteiger partial charge in [0.1, 0.15) is 11.1 Å². The number of nitrogens with one attached hydrogen (secondary N) is 1. The van der Waals surface area contributed by atoms with E-state index in [0.29, 0.717) is 17.6 Å². The molecule has 138 valence electrons. The number of hydrogen-bond donors (Lipinski definition) is 0. The summed E-state index contributed by atoms with van der Waals surface area (Å²) in [6.07, 6.45) is 1.75. The van der Waals surface area contributed by atoms with Crippen molar-refractivity contribution in [3.05, 3.63) is 90.6 Å². The van der Waals surface area contributed by atoms with Crippen LogP contribution in [-0.4, -0.2) is 6.73 Å². The summed E-state index contributed by atoms with van der Waals surface area (Å²) in [4.78, 5) is 6.57. The maximum atomic E-state index is 11.1. The first-order valence-corrected chi connectivity index (χ1v) is 10.00. The van der Waals surface area contributed by atoms with E-state index in [-0.39, 0.29) is 24.6 Å². The average Bonchev–Trinajstić information content (AvgIpc) is 3.14. The van der Waals surface area contributed by atoms with Crippen LogP contribution in [0.5, 0.6) is 11.5 Å². The number of H-pyrrole nitrogens is 1. The molecule has 0 spiro atoms. The van der Waals surface area contributed by atoms with Crippen LogP contribution in [0.15, 0.2) is 90.0 Å². The van der Waals surface area contributed by atoms with Crippen LogP contribution in [0.4, 0.5) is 5.69 Å². The van der Waals surface area contributed by atoms with Crippen LogP contribution >= 0.6 is 11.8 Å². The molecule has 0 bridgehead atoms. The second-order valence-electron chi connectivity index (χ2n) is 6.61. The number of aromatic nitrogens is 1. The zero-order valence-corrected chi connectivity index (χ0v) is 16.9. The third-order valence-corrected chi connectivity index (χ3v) is 6.23. The molecule has 3 heterocycles. The van der Waals surface area contributed by atoms with Crippen LogP contribution in [0.25, 0.3) is 10.9 Å². The van der Waals surface area contributed by atoms with Gasteiger partial charge in [-0.25, -0.2) is 4.98 Å². The Morgan fingerprint density at radius 2 is 1.72 bits per heavy atom. The van der Waals surface area contributed by atoms with Gasteiger partial charge < -0.3 is 14.7 Å². The molecule has 0 saturated heterocycles. The minimum Gasteiger partial charge on any atom is -0.868 e. The normalized spacial score (nSPS) is 15.7. The molecule has 6 rings (SSSR count). The number of anilines is 1. The van der Waals surface area contributed by atoms with E-state index < -0.39 is 0 Å². The SMILES string of the molecule is [Li+].[O-]c1cccc2ccc[nH+]c12.c1ccc2c(c1)OCN1c3ccccc3SC21. The summed E-state index contributed by atoms with van der Waals surface area (Å²) in [6.45, 7) is 0.645. The molecule has 29 heavy (non-hydrogen) atoms. The number of rotatable bonds is 0. The summed E-state index contributed by atoms with van der Waals surface area (Å²) in [7, 11) is 0. The van der Waals surface area contributed by atoms with Crippen LogP contribution in [0.3, 0.4) is 0 Å². The average molecular weight is 393 g/mol. The summed E-state index contributed by atoms with van der Waals surface area (Å²) in [5.74, 6) is 1.07. The smallest absolute Gasteiger partial charge is 0.868 e. The minimum atomic E-state index is 0. The van der Waals surface area contributed by atoms with E-state index in [0.717, 1.165) is 11.1 Å². The number of ether oxygens (including phenoxy) is 1. The van der Waals surface area contributed by atoms with E-state index in [1.165, 1.54) is 16.1 Å². The van der Waals surface area contributed by atoms with Crippen LogP contribution in [0.1, 0.15) is 10.9 Å². The number of para-hydroxylation sites is 3. The molecule has 0 amide bonds. The fourth-order valence-electron chi connectivity index (χ4n) is 3.55. The van der Waals surface area contributed by atoms with E-state index in [9.17, 15) is 5.11 Å². The van der Waals surface area contributed by atoms with Crippen molar-refractivity contribution >= 4 is 28.4 Å². The number of pyridine rings is 1. The summed E-state index contributed by atoms with van der Waals surface area (Å²) in [5.41, 5.74) is 3.24. The molecular weight excluding hydrogens is 375 g/mol. The molecule has 0 radical (unpaired) electrons. The van der Waals surface area contributed by atoms with Gasteiger partial charge in [0.25, 0.3) is 0 Å². The van der Waals surface area contributed by atoms with Gasteiger partial charge in [-0.1, -0.05) is 54.2 Å². The molecule has 1 N–H and O–H groups in total. The first-order chi connectivity index (χ1) is 13.8. The molecule has 0 saturated carbocycles. The van der Waals surface area contributed by atoms with Crippen LogP contribution in [0.2, 0.25) is 0 Å². The molecule has 3 aromatic carbocycles. The first-order valence-electron chi connectivity index (χ1n) is 9.12. The molecule has 1 atom stereocenters. The summed E-state index contributed by atoms with van der Waals surface area (Å²) in [5, 5.41) is 12.5. The molecule has 6 heteroatoms. The first kappa shape index (κ1) is 19.7. The van der Waals surface area contributed by atoms with Crippen LogP contribution in [-0.2, 0) is 0 Å². The summed E-state index contributed by atoms with van der Waals surface area (Å²) < 4.78 is 5.81. The quantitative estimate of drug-likeness (QED) is 0.424. The van der Waals surface area contributed by atoms with Crippen molar-refractivity contribution in [3.63, 3.8) is 0 Å². The molecular formula is C23H18LiN2O2S+. The minimum absolute atomic E-state index is 0. The van der Waals surface area contributed by atoms with E-state index in [1.54, 1.807) is 18.3 Å². The van der Waals surface area contributed by atoms with E-state index >= 15 is 0 Å². The zero-order valence-electron chi connectivity index (χ0n) is 16.0. The van der Waals surface area contributed by atoms with E-state index in [2.05, 4.69) is 52.3 Å². The third-order valence-electron chi connectivity index (χ3n) is 4.90. The maximum Gasteiger partial charge on any atom is 1.00 e. The second kappa shape index (κ2) is 8.42. The molecule has 4 aromatic rings. The molecule has 0 fully saturated rings. The second-order valence-corrected chi connectivity index (χ2v) is 7.73. The van der Waals surface area contributed by atoms with E-state index in [1.807, 2.05) is 36.0 Å². The van der Waals surface area contributed by atoms with Gasteiger partial charge in [-0.3, -0.25) is 0 Å². The molecule has 4 nitrogen and oxygen atoms in total. The molecule has 1 aromatic heterocycles. The maximum absolute atomic E-state index is 11.1. The Hall–Kier alpha value is -2.58. The number of thioether (sulfide) groups is 1. The Balaban J connectivity index is 0.000000149. The topological polar surface area (TPSA) is 49.7 Å². The van der Waals surface area contributed by atoms with Crippen molar-refractivity contribution in [1.29, 1.82) is 0 Å². The van der Waals surface area contributed by atoms with Crippen molar-refractivity contribution in [2.24, 2.45) is 0 Å². The Kier molecular flexibility index (Phi) is 5.73. The van der Waals surface area contributed by atoms with Crippen LogP contribution in [0, 0.1) is 0 Å². The molecule has 1 unspecified atom stereocenters.